The maximum atomic E-state index is 11.1. The van der Waals surface area contributed by atoms with Gasteiger partial charge in [0.2, 0.25) is 5.91 Å². The molecule has 3 N–H and O–H groups in total. The van der Waals surface area contributed by atoms with Crippen molar-refractivity contribution in [2.45, 2.75) is 88.5 Å². The molecule has 0 aliphatic heterocycles. The molecule has 1 aromatic carbocycles. The van der Waals surface area contributed by atoms with Gasteiger partial charge in [0.05, 0.1) is 0 Å². The number of hydrogen-bond acceptors (Lipinski definition) is 3. The Balaban J connectivity index is -0.000000180. The molecule has 0 aliphatic rings. The fourth-order valence-corrected chi connectivity index (χ4v) is 2.61. The molecule has 174 valence electrons. The Bertz CT molecular complexity index is 530. The van der Waals surface area contributed by atoms with Crippen molar-refractivity contribution >= 4 is 26.0 Å². The average molecular weight is 420 g/mol. The molecule has 0 spiro atoms. The van der Waals surface area contributed by atoms with Gasteiger partial charge in [-0.25, -0.2) is 0 Å². The van der Waals surface area contributed by atoms with Crippen LogP contribution in [-0.2, 0) is 16.0 Å². The van der Waals surface area contributed by atoms with Crippen molar-refractivity contribution in [2.24, 2.45) is 17.6 Å². The Labute approximate surface area is 189 Å². The highest BCUT2D eigenvalue weighted by molar-refractivity contribution is 6.34. The number of nitrogens with two attached hydrogens (primary N) is 1. The summed E-state index contributed by atoms with van der Waals surface area (Å²) in [5.74, 6) is 1.36. The first-order valence-corrected chi connectivity index (χ1v) is 11.1. The van der Waals surface area contributed by atoms with E-state index in [0.29, 0.717) is 18.3 Å². The fourth-order valence-electron chi connectivity index (χ4n) is 2.61. The molecule has 4 nitrogen and oxygen atoms in total. The van der Waals surface area contributed by atoms with Gasteiger partial charge in [-0.05, 0) is 63.6 Å². The van der Waals surface area contributed by atoms with Crippen molar-refractivity contribution in [3.8, 4) is 0 Å². The third-order valence-corrected chi connectivity index (χ3v) is 4.20. The van der Waals surface area contributed by atoms with Gasteiger partial charge in [-0.2, -0.15) is 0 Å². The lowest BCUT2D eigenvalue weighted by molar-refractivity contribution is -0.121. The van der Waals surface area contributed by atoms with Gasteiger partial charge in [-0.15, -0.1) is 0 Å². The minimum absolute atomic E-state index is 0.192. The summed E-state index contributed by atoms with van der Waals surface area (Å²) in [6.07, 6.45) is 2.73. The van der Waals surface area contributed by atoms with Gasteiger partial charge in [0.1, 0.15) is 14.6 Å². The summed E-state index contributed by atoms with van der Waals surface area (Å²) in [5, 5.41) is 2.90. The van der Waals surface area contributed by atoms with Crippen molar-refractivity contribution in [2.75, 3.05) is 13.6 Å². The molecule has 0 aromatic heterocycles. The molecular formula is C25H49BN2O2. The van der Waals surface area contributed by atoms with E-state index in [4.69, 9.17) is 12.6 Å². The molecule has 1 rings (SSSR count). The highest BCUT2D eigenvalue weighted by Gasteiger charge is 2.05. The van der Waals surface area contributed by atoms with Crippen LogP contribution in [0.25, 0.3) is 0 Å². The first kappa shape index (κ1) is 35.8. The molecule has 0 bridgehead atoms. The van der Waals surface area contributed by atoms with Gasteiger partial charge in [-0.3, -0.25) is 4.79 Å². The van der Waals surface area contributed by atoms with Crippen molar-refractivity contribution < 1.29 is 9.59 Å². The summed E-state index contributed by atoms with van der Waals surface area (Å²) in [6, 6.07) is 2.17. The predicted molar refractivity (Wildman–Crippen MR) is 136 cm³/mol. The SMILES string of the molecule is C=O.CC.CC(C)CCC(=O)NCC(C)C.CN.[B]c1c(C)cc(C)c(CC)c1C. The van der Waals surface area contributed by atoms with E-state index in [0.717, 1.165) is 24.8 Å². The fraction of sp³-hybridized carbons (Fsp3) is 0.680. The summed E-state index contributed by atoms with van der Waals surface area (Å²) in [4.78, 5) is 19.1. The topological polar surface area (TPSA) is 72.2 Å². The quantitative estimate of drug-likeness (QED) is 0.662. The molecule has 1 amide bonds. The predicted octanol–water partition coefficient (Wildman–Crippen LogP) is 4.58. The van der Waals surface area contributed by atoms with E-state index >= 15 is 0 Å². The van der Waals surface area contributed by atoms with Crippen LogP contribution in [0.15, 0.2) is 6.07 Å². The van der Waals surface area contributed by atoms with Crippen LogP contribution >= 0.6 is 0 Å². The lowest BCUT2D eigenvalue weighted by Crippen LogP contribution is -2.27. The largest absolute Gasteiger partial charge is 0.356 e. The number of nitrogens with one attached hydrogen (secondary N) is 1. The summed E-state index contributed by atoms with van der Waals surface area (Å²) >= 11 is 0. The number of amides is 1. The Morgan fingerprint density at radius 3 is 1.87 bits per heavy atom. The zero-order valence-corrected chi connectivity index (χ0v) is 21.7. The zero-order chi connectivity index (χ0) is 24.9. The highest BCUT2D eigenvalue weighted by Crippen LogP contribution is 2.14. The summed E-state index contributed by atoms with van der Waals surface area (Å²) in [7, 11) is 7.43. The molecule has 0 heterocycles. The van der Waals surface area contributed by atoms with Crippen LogP contribution in [0.5, 0.6) is 0 Å². The monoisotopic (exact) mass is 420 g/mol. The number of rotatable bonds is 6. The number of aryl methyl sites for hydroxylation is 2. The number of benzene rings is 1. The van der Waals surface area contributed by atoms with Crippen LogP contribution in [0.2, 0.25) is 0 Å². The van der Waals surface area contributed by atoms with Crippen molar-refractivity contribution in [3.63, 3.8) is 0 Å². The smallest absolute Gasteiger partial charge is 0.220 e. The second-order valence-corrected chi connectivity index (χ2v) is 7.51. The average Bonchev–Trinajstić information content (AvgIpc) is 2.74. The van der Waals surface area contributed by atoms with Crippen LogP contribution in [0.1, 0.15) is 83.6 Å². The van der Waals surface area contributed by atoms with Gasteiger partial charge >= 0.3 is 0 Å². The van der Waals surface area contributed by atoms with Crippen LogP contribution in [0.3, 0.4) is 0 Å². The molecule has 0 aliphatic carbocycles. The van der Waals surface area contributed by atoms with E-state index in [1.54, 1.807) is 0 Å². The van der Waals surface area contributed by atoms with Gasteiger partial charge < -0.3 is 15.8 Å². The summed E-state index contributed by atoms with van der Waals surface area (Å²) < 4.78 is 0. The maximum Gasteiger partial charge on any atom is 0.220 e. The molecule has 2 radical (unpaired) electrons. The molecule has 0 atom stereocenters. The molecule has 0 saturated carbocycles. The zero-order valence-electron chi connectivity index (χ0n) is 21.7. The van der Waals surface area contributed by atoms with Crippen molar-refractivity contribution in [1.29, 1.82) is 0 Å². The minimum Gasteiger partial charge on any atom is -0.356 e. The normalized spacial score (nSPS) is 9.00. The lowest BCUT2D eigenvalue weighted by atomic mass is 9.82. The molecule has 0 saturated heterocycles. The summed E-state index contributed by atoms with van der Waals surface area (Å²) in [5.41, 5.74) is 10.7. The highest BCUT2D eigenvalue weighted by atomic mass is 16.1. The first-order chi connectivity index (χ1) is 14.1. The second-order valence-electron chi connectivity index (χ2n) is 7.51. The number of carbonyl (C=O) groups excluding carboxylic acids is 2. The lowest BCUT2D eigenvalue weighted by Gasteiger charge is -2.13. The van der Waals surface area contributed by atoms with Gasteiger partial charge in [0.25, 0.3) is 0 Å². The van der Waals surface area contributed by atoms with E-state index in [9.17, 15) is 4.79 Å². The second kappa shape index (κ2) is 23.7. The van der Waals surface area contributed by atoms with Gasteiger partial charge in [-0.1, -0.05) is 71.1 Å². The van der Waals surface area contributed by atoms with Crippen LogP contribution in [0, 0.1) is 32.6 Å². The number of hydrogen-bond donors (Lipinski definition) is 2. The first-order valence-electron chi connectivity index (χ1n) is 11.1. The molecule has 0 fully saturated rings. The van der Waals surface area contributed by atoms with E-state index in [-0.39, 0.29) is 5.91 Å². The van der Waals surface area contributed by atoms with E-state index in [2.05, 4.69) is 72.5 Å². The number of carbonyl (C=O) groups is 2. The Morgan fingerprint density at radius 1 is 1.03 bits per heavy atom. The molecule has 30 heavy (non-hydrogen) atoms. The van der Waals surface area contributed by atoms with E-state index in [1.807, 2.05) is 20.6 Å². The third-order valence-electron chi connectivity index (χ3n) is 4.20. The van der Waals surface area contributed by atoms with Crippen LogP contribution in [-0.4, -0.2) is 34.1 Å². The van der Waals surface area contributed by atoms with E-state index < -0.39 is 0 Å². The Morgan fingerprint density at radius 2 is 1.50 bits per heavy atom. The standard InChI is InChI=1S/C11H15B.C10H21NO.C2H6.CH5N.CH2O/c1-5-10-7(2)6-8(3)11(12)9(10)4;1-8(2)5-6-10(12)11-7-9(3)4;3*1-2/h6H,5H2,1-4H3;8-9H,5-7H2,1-4H3,(H,11,12);1-2H3;2H2,1H3;1H2. The molecule has 0 unspecified atom stereocenters. The van der Waals surface area contributed by atoms with Crippen molar-refractivity contribution in [1.82, 2.24) is 5.32 Å². The van der Waals surface area contributed by atoms with E-state index in [1.165, 1.54) is 29.3 Å². The molecular weight excluding hydrogens is 371 g/mol. The van der Waals surface area contributed by atoms with Crippen LogP contribution in [0.4, 0.5) is 0 Å². The Hall–Kier alpha value is -1.62. The minimum atomic E-state index is 0.192. The maximum absolute atomic E-state index is 11.1. The Kier molecular flexibility index (Phi) is 28.2. The van der Waals surface area contributed by atoms with Crippen molar-refractivity contribution in [3.05, 3.63) is 28.3 Å². The molecule has 5 heteroatoms. The molecule has 1 aromatic rings. The third kappa shape index (κ3) is 18.4. The van der Waals surface area contributed by atoms with Gasteiger partial charge in [0, 0.05) is 13.0 Å². The van der Waals surface area contributed by atoms with Gasteiger partial charge in [0.15, 0.2) is 0 Å². The summed E-state index contributed by atoms with van der Waals surface area (Å²) in [6.45, 7) is 23.8. The van der Waals surface area contributed by atoms with Crippen LogP contribution < -0.4 is 16.5 Å².